The van der Waals surface area contributed by atoms with Gasteiger partial charge in [0.2, 0.25) is 0 Å². The first kappa shape index (κ1) is 15.3. The summed E-state index contributed by atoms with van der Waals surface area (Å²) in [5, 5.41) is 3.64. The van der Waals surface area contributed by atoms with E-state index in [1.54, 1.807) is 0 Å². The number of hydrogen-bond acceptors (Lipinski definition) is 2. The molecule has 2 fully saturated rings. The Hall–Kier alpha value is -0.0800. The van der Waals surface area contributed by atoms with Crippen LogP contribution in [0.25, 0.3) is 0 Å². The predicted octanol–water partition coefficient (Wildman–Crippen LogP) is 3.52. The van der Waals surface area contributed by atoms with Gasteiger partial charge in [0.25, 0.3) is 0 Å². The molecule has 0 amide bonds. The summed E-state index contributed by atoms with van der Waals surface area (Å²) >= 11 is 0. The molecule has 4 atom stereocenters. The van der Waals surface area contributed by atoms with Crippen LogP contribution in [0.3, 0.4) is 0 Å². The van der Waals surface area contributed by atoms with E-state index in [1.165, 1.54) is 64.7 Å². The summed E-state index contributed by atoms with van der Waals surface area (Å²) in [6, 6.07) is 0.694. The van der Waals surface area contributed by atoms with Crippen LogP contribution >= 0.6 is 0 Å². The van der Waals surface area contributed by atoms with Gasteiger partial charge in [-0.25, -0.2) is 0 Å². The molecule has 0 aromatic heterocycles. The largest absolute Gasteiger partial charge is 0.314 e. The van der Waals surface area contributed by atoms with E-state index in [9.17, 15) is 0 Å². The van der Waals surface area contributed by atoms with E-state index in [1.807, 2.05) is 0 Å². The summed E-state index contributed by atoms with van der Waals surface area (Å²) in [7, 11) is 0. The smallest absolute Gasteiger partial charge is 0.00510 e. The minimum absolute atomic E-state index is 0.694. The van der Waals surface area contributed by atoms with E-state index in [-0.39, 0.29) is 0 Å². The Labute approximate surface area is 120 Å². The lowest BCUT2D eigenvalue weighted by atomic mass is 9.81. The Morgan fingerprint density at radius 3 is 2.68 bits per heavy atom. The molecule has 0 radical (unpaired) electrons. The first-order valence-electron chi connectivity index (χ1n) is 8.59. The van der Waals surface area contributed by atoms with Gasteiger partial charge in [-0.15, -0.1) is 0 Å². The average Bonchev–Trinajstić information content (AvgIpc) is 2.38. The highest BCUT2D eigenvalue weighted by atomic mass is 15.1. The van der Waals surface area contributed by atoms with Crippen molar-refractivity contribution in [1.82, 2.24) is 10.2 Å². The quantitative estimate of drug-likeness (QED) is 0.841. The molecule has 4 unspecified atom stereocenters. The molecule has 1 saturated heterocycles. The van der Waals surface area contributed by atoms with Crippen LogP contribution in [0.4, 0.5) is 0 Å². The van der Waals surface area contributed by atoms with Gasteiger partial charge in [0.05, 0.1) is 0 Å². The van der Waals surface area contributed by atoms with Gasteiger partial charge in [-0.1, -0.05) is 33.1 Å². The predicted molar refractivity (Wildman–Crippen MR) is 83.4 cm³/mol. The van der Waals surface area contributed by atoms with Crippen molar-refractivity contribution in [3.63, 3.8) is 0 Å². The zero-order valence-corrected chi connectivity index (χ0v) is 13.3. The van der Waals surface area contributed by atoms with Gasteiger partial charge in [0.15, 0.2) is 0 Å². The Balaban J connectivity index is 1.73. The second kappa shape index (κ2) is 7.64. The minimum Gasteiger partial charge on any atom is -0.314 e. The number of rotatable bonds is 3. The van der Waals surface area contributed by atoms with Crippen LogP contribution in [0.1, 0.15) is 59.3 Å². The van der Waals surface area contributed by atoms with Crippen molar-refractivity contribution in [2.45, 2.75) is 65.3 Å². The van der Waals surface area contributed by atoms with E-state index < -0.39 is 0 Å². The molecule has 1 N–H and O–H groups in total. The van der Waals surface area contributed by atoms with Crippen LogP contribution in [0, 0.1) is 17.8 Å². The van der Waals surface area contributed by atoms with Crippen molar-refractivity contribution in [2.24, 2.45) is 17.8 Å². The zero-order chi connectivity index (χ0) is 13.7. The summed E-state index contributed by atoms with van der Waals surface area (Å²) < 4.78 is 0. The molecular weight excluding hydrogens is 232 g/mol. The summed E-state index contributed by atoms with van der Waals surface area (Å²) in [5.41, 5.74) is 0. The van der Waals surface area contributed by atoms with Crippen molar-refractivity contribution in [3.8, 4) is 0 Å². The maximum absolute atomic E-state index is 3.64. The lowest BCUT2D eigenvalue weighted by Crippen LogP contribution is -2.43. The monoisotopic (exact) mass is 266 g/mol. The lowest BCUT2D eigenvalue weighted by Gasteiger charge is -2.33. The SMILES string of the molecule is CC1CCCC(CCN2CCC(C)NCC(C)C2)C1. The lowest BCUT2D eigenvalue weighted by molar-refractivity contribution is 0.174. The van der Waals surface area contributed by atoms with Crippen LogP contribution < -0.4 is 5.32 Å². The van der Waals surface area contributed by atoms with E-state index in [4.69, 9.17) is 0 Å². The highest BCUT2D eigenvalue weighted by Crippen LogP contribution is 2.30. The van der Waals surface area contributed by atoms with Crippen molar-refractivity contribution in [3.05, 3.63) is 0 Å². The molecule has 1 aliphatic heterocycles. The Kier molecular flexibility index (Phi) is 6.15. The van der Waals surface area contributed by atoms with Crippen molar-refractivity contribution in [1.29, 1.82) is 0 Å². The van der Waals surface area contributed by atoms with E-state index in [0.717, 1.165) is 17.8 Å². The van der Waals surface area contributed by atoms with Crippen LogP contribution in [-0.4, -0.2) is 37.1 Å². The molecule has 0 bridgehead atoms. The number of nitrogens with one attached hydrogen (secondary N) is 1. The Morgan fingerprint density at radius 2 is 1.89 bits per heavy atom. The van der Waals surface area contributed by atoms with Crippen LogP contribution in [0.15, 0.2) is 0 Å². The fraction of sp³-hybridized carbons (Fsp3) is 1.00. The van der Waals surface area contributed by atoms with Crippen molar-refractivity contribution >= 4 is 0 Å². The molecule has 0 aromatic carbocycles. The third-order valence-corrected chi connectivity index (χ3v) is 5.16. The van der Waals surface area contributed by atoms with Gasteiger partial charge in [-0.05, 0) is 63.6 Å². The summed E-state index contributed by atoms with van der Waals surface area (Å²) in [4.78, 5) is 2.74. The average molecular weight is 266 g/mol. The van der Waals surface area contributed by atoms with Gasteiger partial charge in [0.1, 0.15) is 0 Å². The molecule has 2 heteroatoms. The molecular formula is C17H34N2. The standard InChI is InChI=1S/C17H34N2/c1-14-5-4-6-17(11-14)8-10-19-9-7-16(3)18-12-15(2)13-19/h14-18H,4-13H2,1-3H3. The molecule has 1 aliphatic carbocycles. The molecule has 1 heterocycles. The van der Waals surface area contributed by atoms with Gasteiger partial charge in [0, 0.05) is 12.6 Å². The Bertz CT molecular complexity index is 254. The molecule has 2 rings (SSSR count). The van der Waals surface area contributed by atoms with Crippen molar-refractivity contribution < 1.29 is 0 Å². The highest BCUT2D eigenvalue weighted by Gasteiger charge is 2.21. The second-order valence-electron chi connectivity index (χ2n) is 7.43. The van der Waals surface area contributed by atoms with E-state index >= 15 is 0 Å². The van der Waals surface area contributed by atoms with Crippen molar-refractivity contribution in [2.75, 3.05) is 26.2 Å². The molecule has 2 nitrogen and oxygen atoms in total. The summed E-state index contributed by atoms with van der Waals surface area (Å²) in [6.07, 6.45) is 8.68. The summed E-state index contributed by atoms with van der Waals surface area (Å²) in [5.74, 6) is 2.79. The molecule has 2 aliphatic rings. The maximum Gasteiger partial charge on any atom is 0.00510 e. The van der Waals surface area contributed by atoms with E-state index in [2.05, 4.69) is 31.0 Å². The molecule has 0 spiro atoms. The summed E-state index contributed by atoms with van der Waals surface area (Å²) in [6.45, 7) is 12.3. The van der Waals surface area contributed by atoms with Gasteiger partial charge < -0.3 is 10.2 Å². The minimum atomic E-state index is 0.694. The van der Waals surface area contributed by atoms with E-state index in [0.29, 0.717) is 6.04 Å². The maximum atomic E-state index is 3.64. The second-order valence-corrected chi connectivity index (χ2v) is 7.43. The fourth-order valence-electron chi connectivity index (χ4n) is 3.87. The van der Waals surface area contributed by atoms with Gasteiger partial charge in [-0.2, -0.15) is 0 Å². The normalized spacial score (nSPS) is 38.7. The zero-order valence-electron chi connectivity index (χ0n) is 13.3. The molecule has 0 aromatic rings. The first-order valence-corrected chi connectivity index (χ1v) is 8.59. The van der Waals surface area contributed by atoms with Crippen LogP contribution in [0.2, 0.25) is 0 Å². The third kappa shape index (κ3) is 5.43. The molecule has 19 heavy (non-hydrogen) atoms. The first-order chi connectivity index (χ1) is 9.13. The van der Waals surface area contributed by atoms with Gasteiger partial charge in [-0.3, -0.25) is 0 Å². The molecule has 1 saturated carbocycles. The fourth-order valence-corrected chi connectivity index (χ4v) is 3.87. The van der Waals surface area contributed by atoms with Crippen LogP contribution in [-0.2, 0) is 0 Å². The topological polar surface area (TPSA) is 15.3 Å². The Morgan fingerprint density at radius 1 is 1.05 bits per heavy atom. The number of nitrogens with zero attached hydrogens (tertiary/aromatic N) is 1. The van der Waals surface area contributed by atoms with Gasteiger partial charge >= 0.3 is 0 Å². The third-order valence-electron chi connectivity index (χ3n) is 5.16. The highest BCUT2D eigenvalue weighted by molar-refractivity contribution is 4.76. The number of hydrogen-bond donors (Lipinski definition) is 1. The van der Waals surface area contributed by atoms with Crippen LogP contribution in [0.5, 0.6) is 0 Å². The molecule has 112 valence electrons.